The van der Waals surface area contributed by atoms with Crippen molar-refractivity contribution in [3.63, 3.8) is 0 Å². The first-order chi connectivity index (χ1) is 17.5. The van der Waals surface area contributed by atoms with Gasteiger partial charge in [0.2, 0.25) is 11.8 Å². The van der Waals surface area contributed by atoms with Crippen molar-refractivity contribution in [2.24, 2.45) is 0 Å². The molecule has 0 radical (unpaired) electrons. The largest absolute Gasteiger partial charge is 0.444 e. The zero-order chi connectivity index (χ0) is 25.1. The van der Waals surface area contributed by atoms with Gasteiger partial charge >= 0.3 is 0 Å². The third kappa shape index (κ3) is 4.97. The monoisotopic (exact) mass is 488 g/mol. The number of aryl methyl sites for hydroxylation is 2. The van der Waals surface area contributed by atoms with Crippen molar-refractivity contribution in [1.29, 1.82) is 0 Å². The standard InChI is InChI=1S/C27H32N6O3/c1-4-33-26-22(15-30-33)25(31-20-8-10-35-11-9-20)23(14-29-26)27-32-21(16-36-27)12-24(34)28-13-19-7-5-6-17(2)18(19)3/h5-7,14-16,20H,4,8-13H2,1-3H3,(H,28,34)(H,29,31). The predicted molar refractivity (Wildman–Crippen MR) is 138 cm³/mol. The van der Waals surface area contributed by atoms with Gasteiger partial charge in [-0.3, -0.25) is 4.79 Å². The molecule has 0 saturated carbocycles. The number of nitrogens with one attached hydrogen (secondary N) is 2. The van der Waals surface area contributed by atoms with E-state index in [4.69, 9.17) is 9.15 Å². The molecule has 1 aliphatic rings. The highest BCUT2D eigenvalue weighted by atomic mass is 16.5. The molecule has 9 heteroatoms. The molecule has 9 nitrogen and oxygen atoms in total. The van der Waals surface area contributed by atoms with Crippen LogP contribution in [0.1, 0.15) is 42.1 Å². The highest BCUT2D eigenvalue weighted by Crippen LogP contribution is 2.34. The molecule has 0 aliphatic carbocycles. The number of anilines is 1. The number of carbonyl (C=O) groups is 1. The molecule has 1 amide bonds. The van der Waals surface area contributed by atoms with Crippen LogP contribution in [-0.4, -0.2) is 44.9 Å². The normalized spacial score (nSPS) is 14.3. The van der Waals surface area contributed by atoms with E-state index in [0.29, 0.717) is 18.1 Å². The van der Waals surface area contributed by atoms with E-state index in [1.54, 1.807) is 12.5 Å². The number of aromatic nitrogens is 4. The number of rotatable bonds is 8. The number of carbonyl (C=O) groups excluding carboxylic acids is 1. The molecular formula is C27H32N6O3. The first-order valence-corrected chi connectivity index (χ1v) is 12.5. The molecule has 188 valence electrons. The van der Waals surface area contributed by atoms with Gasteiger partial charge in [-0.15, -0.1) is 0 Å². The van der Waals surface area contributed by atoms with Gasteiger partial charge in [0.15, 0.2) is 5.65 Å². The summed E-state index contributed by atoms with van der Waals surface area (Å²) < 4.78 is 13.2. The van der Waals surface area contributed by atoms with Crippen LogP contribution in [0.5, 0.6) is 0 Å². The first-order valence-electron chi connectivity index (χ1n) is 12.5. The van der Waals surface area contributed by atoms with Gasteiger partial charge in [-0.05, 0) is 50.3 Å². The fourth-order valence-corrected chi connectivity index (χ4v) is 4.56. The molecule has 1 saturated heterocycles. The second-order valence-electron chi connectivity index (χ2n) is 9.23. The number of oxazole rings is 1. The van der Waals surface area contributed by atoms with Crippen LogP contribution in [0, 0.1) is 13.8 Å². The maximum absolute atomic E-state index is 12.6. The van der Waals surface area contributed by atoms with Crippen LogP contribution in [0.3, 0.4) is 0 Å². The van der Waals surface area contributed by atoms with E-state index in [0.717, 1.165) is 60.4 Å². The Hall–Kier alpha value is -3.72. The zero-order valence-electron chi connectivity index (χ0n) is 21.0. The topological polar surface area (TPSA) is 107 Å². The molecule has 4 aromatic rings. The van der Waals surface area contributed by atoms with Gasteiger partial charge in [0.25, 0.3) is 0 Å². The molecule has 1 aliphatic heterocycles. The van der Waals surface area contributed by atoms with Crippen molar-refractivity contribution in [2.45, 2.75) is 59.2 Å². The third-order valence-corrected chi connectivity index (χ3v) is 6.85. The van der Waals surface area contributed by atoms with Crippen LogP contribution in [0.2, 0.25) is 0 Å². The Bertz CT molecular complexity index is 1370. The van der Waals surface area contributed by atoms with Crippen LogP contribution in [0.4, 0.5) is 5.69 Å². The molecule has 1 fully saturated rings. The van der Waals surface area contributed by atoms with Gasteiger partial charge in [0.1, 0.15) is 6.26 Å². The minimum absolute atomic E-state index is 0.103. The van der Waals surface area contributed by atoms with Crippen LogP contribution < -0.4 is 10.6 Å². The molecule has 36 heavy (non-hydrogen) atoms. The summed E-state index contributed by atoms with van der Waals surface area (Å²) >= 11 is 0. The Morgan fingerprint density at radius 3 is 2.83 bits per heavy atom. The van der Waals surface area contributed by atoms with Gasteiger partial charge < -0.3 is 19.8 Å². The summed E-state index contributed by atoms with van der Waals surface area (Å²) in [5.74, 6) is 0.328. The maximum atomic E-state index is 12.6. The molecule has 0 bridgehead atoms. The molecule has 0 unspecified atom stereocenters. The second kappa shape index (κ2) is 10.5. The molecule has 0 spiro atoms. The van der Waals surface area contributed by atoms with E-state index in [-0.39, 0.29) is 18.4 Å². The molecule has 4 heterocycles. The van der Waals surface area contributed by atoms with Gasteiger partial charge in [-0.25, -0.2) is 14.6 Å². The lowest BCUT2D eigenvalue weighted by atomic mass is 10.0. The summed E-state index contributed by atoms with van der Waals surface area (Å²) in [6.45, 7) is 8.86. The Morgan fingerprint density at radius 2 is 2.03 bits per heavy atom. The van der Waals surface area contributed by atoms with Crippen LogP contribution in [0.15, 0.2) is 41.3 Å². The van der Waals surface area contributed by atoms with Crippen molar-refractivity contribution < 1.29 is 13.9 Å². The van der Waals surface area contributed by atoms with Gasteiger partial charge in [0, 0.05) is 38.5 Å². The Labute approximate surface area is 210 Å². The summed E-state index contributed by atoms with van der Waals surface area (Å²) in [6.07, 6.45) is 7.13. The number of hydrogen-bond acceptors (Lipinski definition) is 7. The van der Waals surface area contributed by atoms with Crippen molar-refractivity contribution in [1.82, 2.24) is 25.1 Å². The lowest BCUT2D eigenvalue weighted by Crippen LogP contribution is -2.28. The van der Waals surface area contributed by atoms with E-state index in [1.807, 2.05) is 29.9 Å². The van der Waals surface area contributed by atoms with E-state index < -0.39 is 0 Å². The molecule has 3 aromatic heterocycles. The summed E-state index contributed by atoms with van der Waals surface area (Å²) in [5.41, 5.74) is 6.56. The first kappa shape index (κ1) is 24.0. The van der Waals surface area contributed by atoms with E-state index in [1.165, 1.54) is 11.1 Å². The number of nitrogens with zero attached hydrogens (tertiary/aromatic N) is 4. The molecule has 2 N–H and O–H groups in total. The number of benzene rings is 1. The van der Waals surface area contributed by atoms with Gasteiger partial charge in [-0.2, -0.15) is 5.10 Å². The zero-order valence-corrected chi connectivity index (χ0v) is 21.0. The second-order valence-corrected chi connectivity index (χ2v) is 9.23. The van der Waals surface area contributed by atoms with Crippen LogP contribution in [0.25, 0.3) is 22.5 Å². The summed E-state index contributed by atoms with van der Waals surface area (Å²) in [5, 5.41) is 12.1. The maximum Gasteiger partial charge on any atom is 0.229 e. The van der Waals surface area contributed by atoms with Crippen LogP contribution in [-0.2, 0) is 29.0 Å². The molecule has 1 aromatic carbocycles. The summed E-state index contributed by atoms with van der Waals surface area (Å²) in [7, 11) is 0. The molecule has 0 atom stereocenters. The minimum atomic E-state index is -0.103. The van der Waals surface area contributed by atoms with Crippen molar-refractivity contribution >= 4 is 22.6 Å². The molecular weight excluding hydrogens is 456 g/mol. The smallest absolute Gasteiger partial charge is 0.229 e. The third-order valence-electron chi connectivity index (χ3n) is 6.85. The highest BCUT2D eigenvalue weighted by molar-refractivity contribution is 5.96. The van der Waals surface area contributed by atoms with E-state index >= 15 is 0 Å². The van der Waals surface area contributed by atoms with Crippen molar-refractivity contribution in [2.75, 3.05) is 18.5 Å². The average Bonchev–Trinajstić information content (AvgIpc) is 3.53. The quantitative estimate of drug-likeness (QED) is 0.383. The Morgan fingerprint density at radius 1 is 1.19 bits per heavy atom. The number of ether oxygens (including phenoxy) is 1. The lowest BCUT2D eigenvalue weighted by Gasteiger charge is -2.25. The van der Waals surface area contributed by atoms with Crippen molar-refractivity contribution in [3.05, 3.63) is 59.2 Å². The van der Waals surface area contributed by atoms with Gasteiger partial charge in [-0.1, -0.05) is 18.2 Å². The number of amides is 1. The van der Waals surface area contributed by atoms with Crippen LogP contribution >= 0.6 is 0 Å². The Kier molecular flexibility index (Phi) is 6.99. The highest BCUT2D eigenvalue weighted by Gasteiger charge is 2.22. The minimum Gasteiger partial charge on any atom is -0.444 e. The Balaban J connectivity index is 1.35. The fraction of sp³-hybridized carbons (Fsp3) is 0.407. The number of hydrogen-bond donors (Lipinski definition) is 2. The lowest BCUT2D eigenvalue weighted by molar-refractivity contribution is -0.120. The van der Waals surface area contributed by atoms with E-state index in [2.05, 4.69) is 45.6 Å². The van der Waals surface area contributed by atoms with Crippen molar-refractivity contribution in [3.8, 4) is 11.5 Å². The SMILES string of the molecule is CCn1ncc2c(NC3CCOCC3)c(-c3nc(CC(=O)NCc4cccc(C)c4C)co3)cnc21. The average molecular weight is 489 g/mol. The number of pyridine rings is 1. The summed E-state index contributed by atoms with van der Waals surface area (Å²) in [6, 6.07) is 6.39. The molecule has 5 rings (SSSR count). The number of fused-ring (bicyclic) bond motifs is 1. The fourth-order valence-electron chi connectivity index (χ4n) is 4.56. The van der Waals surface area contributed by atoms with E-state index in [9.17, 15) is 4.79 Å². The van der Waals surface area contributed by atoms with Gasteiger partial charge in [0.05, 0.1) is 34.9 Å². The predicted octanol–water partition coefficient (Wildman–Crippen LogP) is 4.17. The summed E-state index contributed by atoms with van der Waals surface area (Å²) in [4.78, 5) is 21.9.